The predicted molar refractivity (Wildman–Crippen MR) is 82.8 cm³/mol. The fraction of sp³-hybridized carbons (Fsp3) is 0.529. The number of hydrogen-bond donors (Lipinski definition) is 1. The summed E-state index contributed by atoms with van der Waals surface area (Å²) >= 11 is 0. The van der Waals surface area contributed by atoms with Crippen molar-refractivity contribution in [2.75, 3.05) is 18.0 Å². The molecule has 1 atom stereocenters. The van der Waals surface area contributed by atoms with Gasteiger partial charge in [-0.3, -0.25) is 9.59 Å². The predicted octanol–water partition coefficient (Wildman–Crippen LogP) is 2.22. The molecule has 112 valence electrons. The van der Waals surface area contributed by atoms with Crippen LogP contribution in [0.3, 0.4) is 0 Å². The van der Waals surface area contributed by atoms with Crippen LogP contribution >= 0.6 is 0 Å². The number of aryl methyl sites for hydroxylation is 2. The molecule has 0 spiro atoms. The molecule has 2 aliphatic rings. The smallest absolute Gasteiger partial charge is 0.299 e. The lowest BCUT2D eigenvalue weighted by Gasteiger charge is -2.22. The summed E-state index contributed by atoms with van der Waals surface area (Å²) in [7, 11) is 0. The Kier molecular flexibility index (Phi) is 3.57. The van der Waals surface area contributed by atoms with Gasteiger partial charge < -0.3 is 10.2 Å². The molecule has 1 aliphatic carbocycles. The van der Waals surface area contributed by atoms with Crippen LogP contribution in [0.25, 0.3) is 0 Å². The van der Waals surface area contributed by atoms with E-state index in [1.807, 2.05) is 26.0 Å². The maximum Gasteiger partial charge on any atom is 0.299 e. The number of nitrogens with zero attached hydrogens (tertiary/aromatic N) is 1. The number of Topliss-reactive ketones (excluding diaryl/α,β-unsaturated/α-hetero) is 1. The first-order valence-electron chi connectivity index (χ1n) is 7.68. The molecule has 1 unspecified atom stereocenters. The van der Waals surface area contributed by atoms with Crippen LogP contribution in [0.5, 0.6) is 0 Å². The molecule has 0 bridgehead atoms. The first kappa shape index (κ1) is 14.3. The van der Waals surface area contributed by atoms with E-state index in [1.54, 1.807) is 4.90 Å². The van der Waals surface area contributed by atoms with Gasteiger partial charge in [-0.2, -0.15) is 0 Å². The number of rotatable bonds is 5. The fourth-order valence-electron chi connectivity index (χ4n) is 3.01. The fourth-order valence-corrected chi connectivity index (χ4v) is 3.01. The van der Waals surface area contributed by atoms with Crippen molar-refractivity contribution in [3.05, 3.63) is 28.8 Å². The monoisotopic (exact) mass is 286 g/mol. The van der Waals surface area contributed by atoms with E-state index < -0.39 is 0 Å². The number of benzene rings is 1. The normalized spacial score (nSPS) is 19.1. The number of hydrogen-bond acceptors (Lipinski definition) is 3. The van der Waals surface area contributed by atoms with E-state index in [-0.39, 0.29) is 11.7 Å². The Balaban J connectivity index is 1.79. The average molecular weight is 286 g/mol. The third-order valence-electron chi connectivity index (χ3n) is 4.24. The van der Waals surface area contributed by atoms with Crippen LogP contribution in [0.1, 0.15) is 41.3 Å². The van der Waals surface area contributed by atoms with Gasteiger partial charge in [0, 0.05) is 12.6 Å². The summed E-state index contributed by atoms with van der Waals surface area (Å²) in [6.45, 7) is 7.51. The van der Waals surface area contributed by atoms with Crippen molar-refractivity contribution in [3.63, 3.8) is 0 Å². The third kappa shape index (κ3) is 2.72. The number of anilines is 1. The second-order valence-corrected chi connectivity index (χ2v) is 6.51. The van der Waals surface area contributed by atoms with Crippen molar-refractivity contribution in [1.82, 2.24) is 5.32 Å². The van der Waals surface area contributed by atoms with Crippen LogP contribution in [0.15, 0.2) is 12.1 Å². The van der Waals surface area contributed by atoms with Crippen molar-refractivity contribution in [2.45, 2.75) is 39.7 Å². The molecule has 3 rings (SSSR count). The molecule has 1 N–H and O–H groups in total. The highest BCUT2D eigenvalue weighted by Crippen LogP contribution is 2.33. The van der Waals surface area contributed by atoms with E-state index in [4.69, 9.17) is 0 Å². The van der Waals surface area contributed by atoms with Gasteiger partial charge in [-0.25, -0.2) is 0 Å². The zero-order valence-corrected chi connectivity index (χ0v) is 12.9. The number of fused-ring (bicyclic) bond motifs is 1. The lowest BCUT2D eigenvalue weighted by molar-refractivity contribution is -0.114. The highest BCUT2D eigenvalue weighted by atomic mass is 16.2. The summed E-state index contributed by atoms with van der Waals surface area (Å²) < 4.78 is 0. The van der Waals surface area contributed by atoms with E-state index in [2.05, 4.69) is 12.2 Å². The van der Waals surface area contributed by atoms with Gasteiger partial charge in [0.05, 0.1) is 11.3 Å². The molecule has 21 heavy (non-hydrogen) atoms. The summed E-state index contributed by atoms with van der Waals surface area (Å²) in [6.07, 6.45) is 2.52. The topological polar surface area (TPSA) is 49.4 Å². The van der Waals surface area contributed by atoms with Crippen LogP contribution in [0.4, 0.5) is 5.69 Å². The summed E-state index contributed by atoms with van der Waals surface area (Å²) in [4.78, 5) is 26.1. The van der Waals surface area contributed by atoms with Crippen LogP contribution < -0.4 is 10.2 Å². The molecule has 1 fully saturated rings. The standard InChI is InChI=1S/C17H22N2O2/c1-10-6-12(3)15-14(7-10)19(17(21)16(15)20)9-11(2)8-18-13-4-5-13/h6-7,11,13,18H,4-5,8-9H2,1-3H3. The molecule has 1 heterocycles. The van der Waals surface area contributed by atoms with Gasteiger partial charge in [-0.05, 0) is 56.3 Å². The number of amides is 1. The molecule has 1 aliphatic heterocycles. The third-order valence-corrected chi connectivity index (χ3v) is 4.24. The number of carbonyl (C=O) groups excluding carboxylic acids is 2. The van der Waals surface area contributed by atoms with Crippen LogP contribution in [-0.2, 0) is 4.79 Å². The van der Waals surface area contributed by atoms with Crippen molar-refractivity contribution < 1.29 is 9.59 Å². The van der Waals surface area contributed by atoms with Crippen LogP contribution in [-0.4, -0.2) is 30.8 Å². The Morgan fingerprint density at radius 3 is 2.67 bits per heavy atom. The highest BCUT2D eigenvalue weighted by molar-refractivity contribution is 6.52. The Morgan fingerprint density at radius 1 is 1.29 bits per heavy atom. The summed E-state index contributed by atoms with van der Waals surface area (Å²) in [5, 5.41) is 3.48. The molecule has 0 aromatic heterocycles. The van der Waals surface area contributed by atoms with Crippen molar-refractivity contribution in [2.24, 2.45) is 5.92 Å². The van der Waals surface area contributed by atoms with E-state index in [9.17, 15) is 9.59 Å². The first-order chi connectivity index (χ1) is 9.97. The minimum absolute atomic E-state index is 0.328. The second-order valence-electron chi connectivity index (χ2n) is 6.51. The Morgan fingerprint density at radius 2 is 2.00 bits per heavy atom. The molecule has 1 amide bonds. The molecular weight excluding hydrogens is 264 g/mol. The van der Waals surface area contributed by atoms with E-state index in [0.29, 0.717) is 24.1 Å². The van der Waals surface area contributed by atoms with Crippen molar-refractivity contribution in [1.29, 1.82) is 0 Å². The summed E-state index contributed by atoms with van der Waals surface area (Å²) in [6, 6.07) is 4.58. The summed E-state index contributed by atoms with van der Waals surface area (Å²) in [5.74, 6) is -0.407. The van der Waals surface area contributed by atoms with Crippen LogP contribution in [0.2, 0.25) is 0 Å². The summed E-state index contributed by atoms with van der Waals surface area (Å²) in [5.41, 5.74) is 3.37. The Hall–Kier alpha value is -1.68. The lowest BCUT2D eigenvalue weighted by Crippen LogP contribution is -2.37. The average Bonchev–Trinajstić information content (AvgIpc) is 3.21. The van der Waals surface area contributed by atoms with Gasteiger partial charge in [0.15, 0.2) is 0 Å². The quantitative estimate of drug-likeness (QED) is 0.844. The number of ketones is 1. The van der Waals surface area contributed by atoms with E-state index in [1.165, 1.54) is 12.8 Å². The maximum absolute atomic E-state index is 12.3. The van der Waals surface area contributed by atoms with Gasteiger partial charge in [-0.1, -0.05) is 13.0 Å². The molecule has 0 radical (unpaired) electrons. The zero-order valence-electron chi connectivity index (χ0n) is 12.9. The zero-order chi connectivity index (χ0) is 15.1. The minimum Gasteiger partial charge on any atom is -0.314 e. The SMILES string of the molecule is Cc1cc(C)c2c(c1)N(CC(C)CNC1CC1)C(=O)C2=O. The largest absolute Gasteiger partial charge is 0.314 e. The molecule has 4 heteroatoms. The van der Waals surface area contributed by atoms with Gasteiger partial charge >= 0.3 is 0 Å². The molecule has 1 aromatic carbocycles. The van der Waals surface area contributed by atoms with Crippen LogP contribution in [0, 0.1) is 19.8 Å². The molecule has 1 aromatic rings. The number of carbonyl (C=O) groups is 2. The Labute approximate surface area is 125 Å². The maximum atomic E-state index is 12.3. The van der Waals surface area contributed by atoms with Gasteiger partial charge in [0.1, 0.15) is 0 Å². The van der Waals surface area contributed by atoms with Gasteiger partial charge in [0.2, 0.25) is 0 Å². The first-order valence-corrected chi connectivity index (χ1v) is 7.68. The lowest BCUT2D eigenvalue weighted by atomic mass is 10.0. The van der Waals surface area contributed by atoms with E-state index in [0.717, 1.165) is 23.4 Å². The second kappa shape index (κ2) is 5.26. The highest BCUT2D eigenvalue weighted by Gasteiger charge is 2.37. The van der Waals surface area contributed by atoms with Gasteiger partial charge in [0.25, 0.3) is 11.7 Å². The van der Waals surface area contributed by atoms with Crippen molar-refractivity contribution >= 4 is 17.4 Å². The molecule has 1 saturated carbocycles. The molecular formula is C17H22N2O2. The Bertz CT molecular complexity index is 605. The molecule has 4 nitrogen and oxygen atoms in total. The van der Waals surface area contributed by atoms with Gasteiger partial charge in [-0.15, -0.1) is 0 Å². The minimum atomic E-state index is -0.378. The number of nitrogens with one attached hydrogen (secondary N) is 1. The molecule has 0 saturated heterocycles. The van der Waals surface area contributed by atoms with E-state index >= 15 is 0 Å². The van der Waals surface area contributed by atoms with Crippen molar-refractivity contribution in [3.8, 4) is 0 Å².